The zero-order valence-corrected chi connectivity index (χ0v) is 11.5. The van der Waals surface area contributed by atoms with Crippen molar-refractivity contribution in [2.75, 3.05) is 7.05 Å². The Hall–Kier alpha value is -0.890. The van der Waals surface area contributed by atoms with Crippen LogP contribution in [-0.2, 0) is 0 Å². The molecule has 1 N–H and O–H groups in total. The van der Waals surface area contributed by atoms with E-state index in [1.54, 1.807) is 0 Å². The average molecular weight is 234 g/mol. The molecule has 1 atom stereocenters. The molecule has 0 fully saturated rings. The fourth-order valence-corrected chi connectivity index (χ4v) is 2.28. The van der Waals surface area contributed by atoms with E-state index in [9.17, 15) is 0 Å². The lowest BCUT2D eigenvalue weighted by molar-refractivity contribution is 0.499. The number of hydrogen-bond acceptors (Lipinski definition) is 2. The zero-order chi connectivity index (χ0) is 12.5. The fourth-order valence-electron chi connectivity index (χ4n) is 2.28. The van der Waals surface area contributed by atoms with Gasteiger partial charge in [0.2, 0.25) is 0 Å². The predicted octanol–water partition coefficient (Wildman–Crippen LogP) is 4.01. The Labute approximate surface area is 106 Å². The molecule has 0 saturated carbocycles. The van der Waals surface area contributed by atoms with Crippen LogP contribution < -0.4 is 5.32 Å². The van der Waals surface area contributed by atoms with Gasteiger partial charge < -0.3 is 5.32 Å². The fraction of sp³-hybridized carbons (Fsp3) is 0.667. The third kappa shape index (κ3) is 4.86. The first kappa shape index (κ1) is 14.2. The topological polar surface area (TPSA) is 24.9 Å². The van der Waals surface area contributed by atoms with Crippen LogP contribution in [0.25, 0.3) is 0 Å². The van der Waals surface area contributed by atoms with Crippen molar-refractivity contribution in [1.82, 2.24) is 10.3 Å². The number of aromatic nitrogens is 1. The second-order valence-electron chi connectivity index (χ2n) is 4.78. The molecule has 0 aliphatic rings. The van der Waals surface area contributed by atoms with E-state index in [2.05, 4.69) is 37.3 Å². The van der Waals surface area contributed by atoms with E-state index in [-0.39, 0.29) is 0 Å². The Kier molecular flexibility index (Phi) is 6.87. The van der Waals surface area contributed by atoms with Crippen molar-refractivity contribution >= 4 is 0 Å². The van der Waals surface area contributed by atoms with Crippen molar-refractivity contribution in [2.45, 2.75) is 58.4 Å². The molecule has 0 radical (unpaired) electrons. The molecule has 1 rings (SSSR count). The van der Waals surface area contributed by atoms with Gasteiger partial charge in [-0.25, -0.2) is 0 Å². The van der Waals surface area contributed by atoms with Gasteiger partial charge in [-0.3, -0.25) is 4.98 Å². The molecule has 1 unspecified atom stereocenters. The summed E-state index contributed by atoms with van der Waals surface area (Å²) >= 11 is 0. The van der Waals surface area contributed by atoms with Crippen molar-refractivity contribution in [2.24, 2.45) is 0 Å². The maximum absolute atomic E-state index is 4.15. The summed E-state index contributed by atoms with van der Waals surface area (Å²) in [4.78, 5) is 4.15. The highest BCUT2D eigenvalue weighted by atomic mass is 14.9. The first-order chi connectivity index (χ1) is 8.29. The van der Waals surface area contributed by atoms with Crippen LogP contribution in [-0.4, -0.2) is 12.0 Å². The summed E-state index contributed by atoms with van der Waals surface area (Å²) in [5.74, 6) is 0. The number of nitrogens with one attached hydrogen (secondary N) is 1. The van der Waals surface area contributed by atoms with Crippen LogP contribution in [0.4, 0.5) is 0 Å². The molecule has 0 saturated heterocycles. The van der Waals surface area contributed by atoms with Gasteiger partial charge in [-0.1, -0.05) is 39.0 Å². The van der Waals surface area contributed by atoms with Crippen molar-refractivity contribution < 1.29 is 0 Å². The molecule has 0 aromatic carbocycles. The van der Waals surface area contributed by atoms with Crippen LogP contribution in [0.5, 0.6) is 0 Å². The molecular formula is C15H26N2. The van der Waals surface area contributed by atoms with Crippen molar-refractivity contribution in [3.8, 4) is 0 Å². The van der Waals surface area contributed by atoms with Gasteiger partial charge in [0.1, 0.15) is 0 Å². The zero-order valence-electron chi connectivity index (χ0n) is 11.5. The van der Waals surface area contributed by atoms with E-state index in [0.717, 1.165) is 0 Å². The first-order valence-corrected chi connectivity index (χ1v) is 6.87. The van der Waals surface area contributed by atoms with E-state index in [1.165, 1.54) is 49.7 Å². The van der Waals surface area contributed by atoms with Gasteiger partial charge >= 0.3 is 0 Å². The summed E-state index contributed by atoms with van der Waals surface area (Å²) in [5, 5.41) is 3.42. The van der Waals surface area contributed by atoms with Crippen molar-refractivity contribution in [3.63, 3.8) is 0 Å². The maximum atomic E-state index is 4.15. The lowest BCUT2D eigenvalue weighted by Gasteiger charge is -2.18. The third-order valence-electron chi connectivity index (χ3n) is 3.38. The Morgan fingerprint density at radius 1 is 1.24 bits per heavy atom. The smallest absolute Gasteiger partial charge is 0.0321 e. The number of hydrogen-bond donors (Lipinski definition) is 1. The van der Waals surface area contributed by atoms with Gasteiger partial charge in [0.25, 0.3) is 0 Å². The molecule has 17 heavy (non-hydrogen) atoms. The quantitative estimate of drug-likeness (QED) is 0.687. The number of rotatable bonds is 8. The molecule has 0 bridgehead atoms. The Morgan fingerprint density at radius 3 is 2.65 bits per heavy atom. The molecule has 0 aliphatic carbocycles. The molecule has 1 aromatic rings. The summed E-state index contributed by atoms with van der Waals surface area (Å²) in [6.07, 6.45) is 11.8. The minimum Gasteiger partial charge on any atom is -0.313 e. The second-order valence-corrected chi connectivity index (χ2v) is 4.78. The predicted molar refractivity (Wildman–Crippen MR) is 74.2 cm³/mol. The van der Waals surface area contributed by atoms with Crippen molar-refractivity contribution in [3.05, 3.63) is 29.6 Å². The van der Waals surface area contributed by atoms with Crippen molar-refractivity contribution in [1.29, 1.82) is 0 Å². The van der Waals surface area contributed by atoms with E-state index < -0.39 is 0 Å². The van der Waals surface area contributed by atoms with Gasteiger partial charge in [-0.15, -0.1) is 0 Å². The molecule has 1 aromatic heterocycles. The molecule has 96 valence electrons. The molecule has 0 spiro atoms. The Bertz CT molecular complexity index is 310. The normalized spacial score (nSPS) is 12.6. The van der Waals surface area contributed by atoms with E-state index in [4.69, 9.17) is 0 Å². The molecule has 0 aliphatic heterocycles. The van der Waals surface area contributed by atoms with Gasteiger partial charge in [0.15, 0.2) is 0 Å². The number of pyridine rings is 1. The molecule has 0 amide bonds. The number of unbranched alkanes of at least 4 members (excludes halogenated alkanes) is 4. The highest BCUT2D eigenvalue weighted by Crippen LogP contribution is 2.22. The Morgan fingerprint density at radius 2 is 2.00 bits per heavy atom. The van der Waals surface area contributed by atoms with Crippen LogP contribution in [0.1, 0.15) is 62.6 Å². The monoisotopic (exact) mass is 234 g/mol. The lowest BCUT2D eigenvalue weighted by Crippen LogP contribution is -2.17. The minimum atomic E-state index is 0.486. The van der Waals surface area contributed by atoms with E-state index >= 15 is 0 Å². The van der Waals surface area contributed by atoms with Gasteiger partial charge in [-0.05, 0) is 37.6 Å². The first-order valence-electron chi connectivity index (χ1n) is 6.87. The van der Waals surface area contributed by atoms with E-state index in [1.807, 2.05) is 12.4 Å². The molecule has 1 heterocycles. The largest absolute Gasteiger partial charge is 0.313 e. The van der Waals surface area contributed by atoms with Gasteiger partial charge in [0.05, 0.1) is 0 Å². The number of aryl methyl sites for hydroxylation is 1. The number of nitrogens with zero attached hydrogens (tertiary/aromatic N) is 1. The van der Waals surface area contributed by atoms with Gasteiger partial charge in [0, 0.05) is 18.4 Å². The highest BCUT2D eigenvalue weighted by molar-refractivity contribution is 5.25. The van der Waals surface area contributed by atoms with E-state index in [0.29, 0.717) is 6.04 Å². The molecule has 2 nitrogen and oxygen atoms in total. The van der Waals surface area contributed by atoms with Crippen LogP contribution in [0.3, 0.4) is 0 Å². The van der Waals surface area contributed by atoms with Crippen LogP contribution in [0.15, 0.2) is 18.5 Å². The average Bonchev–Trinajstić information content (AvgIpc) is 2.35. The van der Waals surface area contributed by atoms with Crippen LogP contribution in [0, 0.1) is 6.92 Å². The summed E-state index contributed by atoms with van der Waals surface area (Å²) in [5.41, 5.74) is 2.69. The minimum absolute atomic E-state index is 0.486. The van der Waals surface area contributed by atoms with Crippen LogP contribution >= 0.6 is 0 Å². The second kappa shape index (κ2) is 8.24. The maximum Gasteiger partial charge on any atom is 0.0321 e. The summed E-state index contributed by atoms with van der Waals surface area (Å²) in [7, 11) is 2.05. The molecule has 2 heteroatoms. The summed E-state index contributed by atoms with van der Waals surface area (Å²) in [6, 6.07) is 2.63. The third-order valence-corrected chi connectivity index (χ3v) is 3.38. The summed E-state index contributed by atoms with van der Waals surface area (Å²) in [6.45, 7) is 4.40. The molecular weight excluding hydrogens is 208 g/mol. The van der Waals surface area contributed by atoms with Gasteiger partial charge in [-0.2, -0.15) is 0 Å². The Balaban J connectivity index is 2.41. The highest BCUT2D eigenvalue weighted by Gasteiger charge is 2.10. The standard InChI is InChI=1S/C15H26N2/c1-4-5-6-7-8-9-15(16-3)14-10-11-17-12-13(14)2/h10-12,15-16H,4-9H2,1-3H3. The SMILES string of the molecule is CCCCCCCC(NC)c1ccncc1C. The lowest BCUT2D eigenvalue weighted by atomic mass is 9.98. The summed E-state index contributed by atoms with van der Waals surface area (Å²) < 4.78 is 0. The van der Waals surface area contributed by atoms with Crippen LogP contribution in [0.2, 0.25) is 0 Å².